The van der Waals surface area contributed by atoms with Gasteiger partial charge in [0.2, 0.25) is 0 Å². The van der Waals surface area contributed by atoms with Gasteiger partial charge in [-0.1, -0.05) is 25.6 Å². The van der Waals surface area contributed by atoms with Crippen molar-refractivity contribution in [2.45, 2.75) is 64.3 Å². The molecule has 0 N–H and O–H groups in total. The molecule has 2 unspecified atom stereocenters. The Balaban J connectivity index is 0.964. The number of aromatic nitrogens is 2. The van der Waals surface area contributed by atoms with Gasteiger partial charge in [0.1, 0.15) is 12.2 Å². The van der Waals surface area contributed by atoms with Crippen LogP contribution < -0.4 is 14.7 Å². The van der Waals surface area contributed by atoms with Gasteiger partial charge in [-0.25, -0.2) is 5.01 Å². The SMILES string of the molecule is C=C1N(c2ccc(N3CCN(c4ccc(CC[C@@H]5CCC(c6cnccn6)C5)cc4)CC3)cc2)C=NN1C(C)CC. The monoisotopic (exact) mass is 549 g/mol. The minimum absolute atomic E-state index is 0.344. The third-order valence-electron chi connectivity index (χ3n) is 9.30. The lowest BCUT2D eigenvalue weighted by molar-refractivity contribution is 0.286. The molecule has 0 spiro atoms. The molecule has 2 aliphatic heterocycles. The van der Waals surface area contributed by atoms with Crippen molar-refractivity contribution in [2.75, 3.05) is 40.9 Å². The topological polar surface area (TPSA) is 51.1 Å². The second-order valence-electron chi connectivity index (χ2n) is 11.8. The largest absolute Gasteiger partial charge is 0.368 e. The van der Waals surface area contributed by atoms with Crippen molar-refractivity contribution in [3.8, 4) is 0 Å². The first-order valence-electron chi connectivity index (χ1n) is 15.4. The molecule has 7 nitrogen and oxygen atoms in total. The average molecular weight is 550 g/mol. The molecule has 3 aliphatic rings. The summed E-state index contributed by atoms with van der Waals surface area (Å²) in [7, 11) is 0. The minimum atomic E-state index is 0.344. The molecule has 2 fully saturated rings. The molecule has 1 saturated heterocycles. The van der Waals surface area contributed by atoms with Crippen LogP contribution in [0.15, 0.2) is 84.6 Å². The standard InChI is InChI=1S/C34H43N7/c1-4-26(2)41-27(3)40(25-37-41)33-15-13-32(14-16-33)39-21-19-38(20-22-39)31-11-8-28(9-12-31)5-6-29-7-10-30(23-29)34-24-35-17-18-36-34/h8-9,11-18,24-26,29-30H,3-7,10,19-23H2,1-2H3/t26?,29-,30?/m1/s1. The molecule has 3 atom stereocenters. The van der Waals surface area contributed by atoms with E-state index in [1.54, 1.807) is 6.20 Å². The lowest BCUT2D eigenvalue weighted by Gasteiger charge is -2.37. The smallest absolute Gasteiger partial charge is 0.128 e. The molecule has 3 aromatic rings. The number of piperazine rings is 1. The zero-order valence-electron chi connectivity index (χ0n) is 24.6. The van der Waals surface area contributed by atoms with Gasteiger partial charge in [0.15, 0.2) is 0 Å². The number of hydrogen-bond donors (Lipinski definition) is 0. The van der Waals surface area contributed by atoms with Crippen molar-refractivity contribution in [3.05, 3.63) is 90.8 Å². The van der Waals surface area contributed by atoms with Crippen LogP contribution >= 0.6 is 0 Å². The van der Waals surface area contributed by atoms with Crippen molar-refractivity contribution < 1.29 is 0 Å². The Morgan fingerprint density at radius 1 is 0.878 bits per heavy atom. The highest BCUT2D eigenvalue weighted by Crippen LogP contribution is 2.39. The summed E-state index contributed by atoms with van der Waals surface area (Å²) in [6.07, 6.45) is 14.7. The van der Waals surface area contributed by atoms with Gasteiger partial charge in [-0.15, -0.1) is 0 Å². The first-order chi connectivity index (χ1) is 20.1. The summed E-state index contributed by atoms with van der Waals surface area (Å²) in [5.74, 6) is 2.30. The van der Waals surface area contributed by atoms with Crippen molar-refractivity contribution in [1.29, 1.82) is 0 Å². The maximum absolute atomic E-state index is 4.56. The highest BCUT2D eigenvalue weighted by Gasteiger charge is 2.27. The van der Waals surface area contributed by atoms with Gasteiger partial charge >= 0.3 is 0 Å². The maximum Gasteiger partial charge on any atom is 0.128 e. The Hall–Kier alpha value is -3.87. The van der Waals surface area contributed by atoms with Crippen molar-refractivity contribution in [3.63, 3.8) is 0 Å². The second kappa shape index (κ2) is 12.3. The van der Waals surface area contributed by atoms with Crippen molar-refractivity contribution >= 4 is 23.4 Å². The summed E-state index contributed by atoms with van der Waals surface area (Å²) >= 11 is 0. The fourth-order valence-electron chi connectivity index (χ4n) is 6.53. The highest BCUT2D eigenvalue weighted by molar-refractivity contribution is 5.85. The Bertz CT molecular complexity index is 1310. The molecular weight excluding hydrogens is 506 g/mol. The highest BCUT2D eigenvalue weighted by atomic mass is 15.6. The van der Waals surface area contributed by atoms with Gasteiger partial charge in [0.25, 0.3) is 0 Å². The van der Waals surface area contributed by atoms with E-state index in [1.165, 1.54) is 48.3 Å². The Morgan fingerprint density at radius 3 is 2.17 bits per heavy atom. The summed E-state index contributed by atoms with van der Waals surface area (Å²) in [5, 5.41) is 6.56. The van der Waals surface area contributed by atoms with Crippen LogP contribution in [-0.4, -0.2) is 53.5 Å². The van der Waals surface area contributed by atoms with Crippen molar-refractivity contribution in [1.82, 2.24) is 15.0 Å². The number of hydrazone groups is 1. The van der Waals surface area contributed by atoms with Crippen LogP contribution in [0.3, 0.4) is 0 Å². The Morgan fingerprint density at radius 2 is 1.54 bits per heavy atom. The van der Waals surface area contributed by atoms with Crippen LogP contribution in [0.5, 0.6) is 0 Å². The third-order valence-corrected chi connectivity index (χ3v) is 9.30. The molecule has 41 heavy (non-hydrogen) atoms. The first kappa shape index (κ1) is 27.3. The van der Waals surface area contributed by atoms with E-state index in [0.717, 1.165) is 56.4 Å². The first-order valence-corrected chi connectivity index (χ1v) is 15.4. The van der Waals surface area contributed by atoms with Gasteiger partial charge in [0.05, 0.1) is 11.7 Å². The van der Waals surface area contributed by atoms with E-state index in [2.05, 4.69) is 98.7 Å². The number of nitrogens with zero attached hydrogens (tertiary/aromatic N) is 7. The van der Waals surface area contributed by atoms with E-state index in [1.807, 2.05) is 23.7 Å². The number of hydrogen-bond acceptors (Lipinski definition) is 7. The predicted molar refractivity (Wildman–Crippen MR) is 169 cm³/mol. The Kier molecular flexibility index (Phi) is 8.21. The molecule has 3 heterocycles. The second-order valence-corrected chi connectivity index (χ2v) is 11.8. The van der Waals surface area contributed by atoms with Crippen molar-refractivity contribution in [2.24, 2.45) is 11.0 Å². The van der Waals surface area contributed by atoms with Crippen LogP contribution in [0, 0.1) is 5.92 Å². The number of anilines is 3. The normalized spacial score (nSPS) is 21.7. The zero-order valence-corrected chi connectivity index (χ0v) is 24.6. The number of rotatable bonds is 9. The molecule has 2 aromatic carbocycles. The molecule has 6 rings (SSSR count). The molecule has 1 saturated carbocycles. The van der Waals surface area contributed by atoms with E-state index < -0.39 is 0 Å². The van der Waals surface area contributed by atoms with Crippen LogP contribution in [-0.2, 0) is 6.42 Å². The lowest BCUT2D eigenvalue weighted by Crippen LogP contribution is -2.46. The average Bonchev–Trinajstić information content (AvgIpc) is 3.67. The van der Waals surface area contributed by atoms with E-state index in [9.17, 15) is 0 Å². The summed E-state index contributed by atoms with van der Waals surface area (Å²) < 4.78 is 0. The van der Waals surface area contributed by atoms with Gasteiger partial charge < -0.3 is 9.80 Å². The fourth-order valence-corrected chi connectivity index (χ4v) is 6.53. The molecule has 0 radical (unpaired) electrons. The summed E-state index contributed by atoms with van der Waals surface area (Å²) in [4.78, 5) is 15.9. The lowest BCUT2D eigenvalue weighted by atomic mass is 9.96. The molecular formula is C34H43N7. The predicted octanol–water partition coefficient (Wildman–Crippen LogP) is 6.65. The van der Waals surface area contributed by atoms with Crippen LogP contribution in [0.1, 0.15) is 63.1 Å². The Labute approximate surface area is 245 Å². The van der Waals surface area contributed by atoms with E-state index in [4.69, 9.17) is 0 Å². The molecule has 1 aliphatic carbocycles. The molecule has 1 aromatic heterocycles. The van der Waals surface area contributed by atoms with E-state index >= 15 is 0 Å². The molecule has 7 heteroatoms. The van der Waals surface area contributed by atoms with Gasteiger partial charge in [-0.3, -0.25) is 14.9 Å². The minimum Gasteiger partial charge on any atom is -0.368 e. The van der Waals surface area contributed by atoms with E-state index in [0.29, 0.717) is 12.0 Å². The van der Waals surface area contributed by atoms with Gasteiger partial charge in [-0.05, 0) is 93.3 Å². The van der Waals surface area contributed by atoms with Crippen LogP contribution in [0.2, 0.25) is 0 Å². The summed E-state index contributed by atoms with van der Waals surface area (Å²) in [5.41, 5.74) is 6.34. The molecule has 214 valence electrons. The number of aryl methyl sites for hydroxylation is 1. The van der Waals surface area contributed by atoms with Crippen LogP contribution in [0.25, 0.3) is 0 Å². The number of benzene rings is 2. The summed E-state index contributed by atoms with van der Waals surface area (Å²) in [6.45, 7) is 12.7. The van der Waals surface area contributed by atoms with Crippen LogP contribution in [0.4, 0.5) is 17.1 Å². The van der Waals surface area contributed by atoms with Gasteiger partial charge in [0, 0.05) is 67.7 Å². The summed E-state index contributed by atoms with van der Waals surface area (Å²) in [6, 6.07) is 18.5. The fraction of sp³-hybridized carbons (Fsp3) is 0.441. The quantitative estimate of drug-likeness (QED) is 0.298. The molecule has 0 bridgehead atoms. The third kappa shape index (κ3) is 6.09. The maximum atomic E-state index is 4.56. The van der Waals surface area contributed by atoms with E-state index in [-0.39, 0.29) is 0 Å². The van der Waals surface area contributed by atoms with Gasteiger partial charge in [-0.2, -0.15) is 5.10 Å². The zero-order chi connectivity index (χ0) is 28.2. The molecule has 0 amide bonds.